The van der Waals surface area contributed by atoms with Crippen LogP contribution in [0.1, 0.15) is 30.2 Å². The van der Waals surface area contributed by atoms with Crippen molar-refractivity contribution in [3.8, 4) is 10.6 Å². The Kier molecular flexibility index (Phi) is 4.14. The monoisotopic (exact) mass is 359 g/mol. The Morgan fingerprint density at radius 1 is 1.48 bits per heavy atom. The van der Waals surface area contributed by atoms with Crippen LogP contribution in [-0.4, -0.2) is 15.9 Å². The predicted octanol–water partition coefficient (Wildman–Crippen LogP) is 4.97. The number of nitrogen functional groups attached to an aromatic ring is 1. The summed E-state index contributed by atoms with van der Waals surface area (Å²) in [5.41, 5.74) is 6.77. The molecular formula is C15H16F3N3S2. The number of hydrogen-bond acceptors (Lipinski definition) is 5. The minimum absolute atomic E-state index is 0.368. The Labute approximate surface area is 140 Å². The number of thiazole rings is 1. The van der Waals surface area contributed by atoms with E-state index in [4.69, 9.17) is 5.73 Å². The molecule has 0 saturated carbocycles. The van der Waals surface area contributed by atoms with Gasteiger partial charge in [0.05, 0.1) is 27.6 Å². The molecule has 1 atom stereocenters. The highest BCUT2D eigenvalue weighted by molar-refractivity contribution is 7.17. The Hall–Kier alpha value is -1.54. The molecule has 0 amide bonds. The molecule has 23 heavy (non-hydrogen) atoms. The van der Waals surface area contributed by atoms with Crippen molar-refractivity contribution in [2.24, 2.45) is 0 Å². The van der Waals surface area contributed by atoms with E-state index in [0.29, 0.717) is 28.3 Å². The number of nitrogens with zero attached hydrogens (tertiary/aromatic N) is 2. The minimum Gasteiger partial charge on any atom is -0.375 e. The SMILES string of the molecule is C=C1CC[C@@H](C)N1Cc1sc(N)nc1-c1cc(C(F)(F)F)cs1. The highest BCUT2D eigenvalue weighted by atomic mass is 32.1. The van der Waals surface area contributed by atoms with Gasteiger partial charge in [-0.2, -0.15) is 13.2 Å². The third kappa shape index (κ3) is 3.23. The van der Waals surface area contributed by atoms with Crippen molar-refractivity contribution in [3.05, 3.63) is 34.2 Å². The highest BCUT2D eigenvalue weighted by Crippen LogP contribution is 2.40. The van der Waals surface area contributed by atoms with Gasteiger partial charge in [0.25, 0.3) is 0 Å². The van der Waals surface area contributed by atoms with Gasteiger partial charge in [-0.25, -0.2) is 4.98 Å². The number of nitrogens with two attached hydrogens (primary N) is 1. The van der Waals surface area contributed by atoms with E-state index in [9.17, 15) is 13.2 Å². The van der Waals surface area contributed by atoms with Gasteiger partial charge in [0.2, 0.25) is 0 Å². The van der Waals surface area contributed by atoms with Gasteiger partial charge in [-0.1, -0.05) is 17.9 Å². The minimum atomic E-state index is -4.34. The maximum Gasteiger partial charge on any atom is 0.417 e. The van der Waals surface area contributed by atoms with Crippen LogP contribution in [0.3, 0.4) is 0 Å². The molecule has 2 aromatic rings. The van der Waals surface area contributed by atoms with E-state index in [0.717, 1.165) is 46.2 Å². The van der Waals surface area contributed by atoms with Gasteiger partial charge < -0.3 is 10.6 Å². The normalized spacial score (nSPS) is 18.9. The Balaban J connectivity index is 1.92. The number of likely N-dealkylation sites (tertiary alicyclic amines) is 1. The first-order valence-electron chi connectivity index (χ1n) is 7.11. The third-order valence-electron chi connectivity index (χ3n) is 3.98. The van der Waals surface area contributed by atoms with Crippen LogP contribution in [0.25, 0.3) is 10.6 Å². The van der Waals surface area contributed by atoms with Crippen LogP contribution in [0.4, 0.5) is 18.3 Å². The average Bonchev–Trinajstić information content (AvgIpc) is 3.13. The molecule has 124 valence electrons. The molecule has 0 aliphatic carbocycles. The molecule has 1 fully saturated rings. The second-order valence-electron chi connectivity index (χ2n) is 5.60. The van der Waals surface area contributed by atoms with Crippen LogP contribution in [0.2, 0.25) is 0 Å². The molecule has 3 rings (SSSR count). The first-order chi connectivity index (χ1) is 10.8. The molecule has 3 heterocycles. The van der Waals surface area contributed by atoms with Gasteiger partial charge in [-0.05, 0) is 25.8 Å². The lowest BCUT2D eigenvalue weighted by Crippen LogP contribution is -2.24. The number of anilines is 1. The zero-order chi connectivity index (χ0) is 16.8. The van der Waals surface area contributed by atoms with Crippen LogP contribution in [0.5, 0.6) is 0 Å². The van der Waals surface area contributed by atoms with E-state index in [1.54, 1.807) is 0 Å². The van der Waals surface area contributed by atoms with Crippen LogP contribution in [0.15, 0.2) is 23.7 Å². The van der Waals surface area contributed by atoms with Gasteiger partial charge in [0.15, 0.2) is 5.13 Å². The molecule has 3 nitrogen and oxygen atoms in total. The van der Waals surface area contributed by atoms with Crippen LogP contribution in [0, 0.1) is 0 Å². The lowest BCUT2D eigenvalue weighted by atomic mass is 10.2. The summed E-state index contributed by atoms with van der Waals surface area (Å²) in [4.78, 5) is 7.81. The molecule has 1 aliphatic heterocycles. The summed E-state index contributed by atoms with van der Waals surface area (Å²) in [6.45, 7) is 6.77. The number of thiophene rings is 1. The number of allylic oxidation sites excluding steroid dienone is 1. The van der Waals surface area contributed by atoms with E-state index >= 15 is 0 Å². The summed E-state index contributed by atoms with van der Waals surface area (Å²) >= 11 is 2.37. The molecule has 0 radical (unpaired) electrons. The molecule has 1 aliphatic rings. The summed E-state index contributed by atoms with van der Waals surface area (Å²) in [6.07, 6.45) is -2.35. The molecule has 0 unspecified atom stereocenters. The van der Waals surface area contributed by atoms with Crippen LogP contribution < -0.4 is 5.73 Å². The van der Waals surface area contributed by atoms with Crippen molar-refractivity contribution in [2.45, 2.75) is 38.5 Å². The Bertz CT molecular complexity index is 733. The van der Waals surface area contributed by atoms with Gasteiger partial charge in [0, 0.05) is 17.1 Å². The first-order valence-corrected chi connectivity index (χ1v) is 8.81. The quantitative estimate of drug-likeness (QED) is 0.841. The van der Waals surface area contributed by atoms with Gasteiger partial charge >= 0.3 is 6.18 Å². The largest absolute Gasteiger partial charge is 0.417 e. The van der Waals surface area contributed by atoms with E-state index in [1.807, 2.05) is 0 Å². The van der Waals surface area contributed by atoms with Crippen molar-refractivity contribution in [1.82, 2.24) is 9.88 Å². The average molecular weight is 359 g/mol. The zero-order valence-electron chi connectivity index (χ0n) is 12.5. The summed E-state index contributed by atoms with van der Waals surface area (Å²) in [5, 5.41) is 1.49. The van der Waals surface area contributed by atoms with Crippen molar-refractivity contribution in [2.75, 3.05) is 5.73 Å². The lowest BCUT2D eigenvalue weighted by Gasteiger charge is -2.24. The smallest absolute Gasteiger partial charge is 0.375 e. The fourth-order valence-electron chi connectivity index (χ4n) is 2.69. The second kappa shape index (κ2) is 5.83. The predicted molar refractivity (Wildman–Crippen MR) is 88.2 cm³/mol. The molecule has 0 aromatic carbocycles. The first kappa shape index (κ1) is 16.3. The third-order valence-corrected chi connectivity index (χ3v) is 5.78. The molecule has 2 N–H and O–H groups in total. The molecule has 0 bridgehead atoms. The number of halogens is 3. The maximum atomic E-state index is 12.8. The fraction of sp³-hybridized carbons (Fsp3) is 0.400. The second-order valence-corrected chi connectivity index (χ2v) is 7.63. The number of hydrogen-bond donors (Lipinski definition) is 1. The van der Waals surface area contributed by atoms with Gasteiger partial charge in [-0.3, -0.25) is 0 Å². The molecule has 0 spiro atoms. The molecule has 1 saturated heterocycles. The number of aromatic nitrogens is 1. The van der Waals surface area contributed by atoms with Gasteiger partial charge in [0.1, 0.15) is 0 Å². The number of rotatable bonds is 3. The van der Waals surface area contributed by atoms with E-state index in [1.165, 1.54) is 11.3 Å². The van der Waals surface area contributed by atoms with Gasteiger partial charge in [-0.15, -0.1) is 11.3 Å². The van der Waals surface area contributed by atoms with Crippen molar-refractivity contribution in [1.29, 1.82) is 0 Å². The molecule has 2 aromatic heterocycles. The number of alkyl halides is 3. The van der Waals surface area contributed by atoms with Crippen LogP contribution >= 0.6 is 22.7 Å². The van der Waals surface area contributed by atoms with E-state index in [-0.39, 0.29) is 0 Å². The highest BCUT2D eigenvalue weighted by Gasteiger charge is 2.32. The summed E-state index contributed by atoms with van der Waals surface area (Å²) < 4.78 is 38.4. The molecule has 8 heteroatoms. The molecular weight excluding hydrogens is 343 g/mol. The summed E-state index contributed by atoms with van der Waals surface area (Å²) in [5.74, 6) is 0. The van der Waals surface area contributed by atoms with E-state index < -0.39 is 11.7 Å². The maximum absolute atomic E-state index is 12.8. The zero-order valence-corrected chi connectivity index (χ0v) is 14.1. The van der Waals surface area contributed by atoms with Crippen molar-refractivity contribution in [3.63, 3.8) is 0 Å². The summed E-state index contributed by atoms with van der Waals surface area (Å²) in [7, 11) is 0. The Morgan fingerprint density at radius 3 is 2.78 bits per heavy atom. The van der Waals surface area contributed by atoms with Crippen LogP contribution in [-0.2, 0) is 12.7 Å². The Morgan fingerprint density at radius 2 is 2.22 bits per heavy atom. The lowest BCUT2D eigenvalue weighted by molar-refractivity contribution is -0.137. The fourth-order valence-corrected chi connectivity index (χ4v) is 4.53. The standard InChI is InChI=1S/C15H16F3N3S2/c1-8-3-4-9(2)21(8)6-12-13(20-14(19)23-12)11-5-10(7-22-11)15(16,17)18/h5,7,9H,1,3-4,6H2,2H3,(H2,19,20)/t9-/m1/s1. The summed E-state index contributed by atoms with van der Waals surface area (Å²) in [6, 6.07) is 1.51. The van der Waals surface area contributed by atoms with Crippen molar-refractivity contribution < 1.29 is 13.2 Å². The topological polar surface area (TPSA) is 42.1 Å². The van der Waals surface area contributed by atoms with Crippen molar-refractivity contribution >= 4 is 27.8 Å². The van der Waals surface area contributed by atoms with E-state index in [2.05, 4.69) is 23.4 Å².